The van der Waals surface area contributed by atoms with Crippen molar-refractivity contribution in [3.63, 3.8) is 0 Å². The Morgan fingerprint density at radius 1 is 1.30 bits per heavy atom. The van der Waals surface area contributed by atoms with Gasteiger partial charge in [-0.3, -0.25) is 4.79 Å². The van der Waals surface area contributed by atoms with Crippen molar-refractivity contribution in [1.29, 1.82) is 0 Å². The molecule has 3 rings (SSSR count). The van der Waals surface area contributed by atoms with Gasteiger partial charge in [0.1, 0.15) is 11.9 Å². The van der Waals surface area contributed by atoms with Gasteiger partial charge in [-0.25, -0.2) is 9.18 Å². The summed E-state index contributed by atoms with van der Waals surface area (Å²) in [7, 11) is 0. The fourth-order valence-corrected chi connectivity index (χ4v) is 3.23. The van der Waals surface area contributed by atoms with Gasteiger partial charge in [0.25, 0.3) is 0 Å². The number of carboxylic acids is 1. The lowest BCUT2D eigenvalue weighted by molar-refractivity contribution is -0.145. The summed E-state index contributed by atoms with van der Waals surface area (Å²) in [6.45, 7) is 1.01. The zero-order valence-electron chi connectivity index (χ0n) is 12.7. The van der Waals surface area contributed by atoms with Crippen LogP contribution in [0, 0.1) is 17.7 Å². The Hall–Kier alpha value is -1.95. The second-order valence-corrected chi connectivity index (χ2v) is 6.30. The molecule has 2 N–H and O–H groups in total. The van der Waals surface area contributed by atoms with E-state index < -0.39 is 12.0 Å². The molecule has 1 aromatic carbocycles. The van der Waals surface area contributed by atoms with E-state index in [1.54, 1.807) is 12.1 Å². The van der Waals surface area contributed by atoms with Crippen LogP contribution >= 0.6 is 0 Å². The van der Waals surface area contributed by atoms with Gasteiger partial charge in [0, 0.05) is 18.4 Å². The Balaban J connectivity index is 1.59. The maximum atomic E-state index is 12.9. The standard InChI is InChI=1S/C17H20FNO4/c18-12-5-3-10(4-6-12)13-8-14(13)16(20)19-15(17(21)22)11-2-1-7-23-9-11/h3-6,11,13-15H,1-2,7-9H2,(H,19,20)(H,21,22)/t11-,13+,14-,15+/m1/s1. The molecule has 1 saturated heterocycles. The summed E-state index contributed by atoms with van der Waals surface area (Å²) >= 11 is 0. The van der Waals surface area contributed by atoms with E-state index in [1.165, 1.54) is 12.1 Å². The minimum atomic E-state index is -1.02. The van der Waals surface area contributed by atoms with Crippen LogP contribution in [0.1, 0.15) is 30.7 Å². The van der Waals surface area contributed by atoms with Gasteiger partial charge in [0.15, 0.2) is 0 Å². The molecule has 1 aliphatic heterocycles. The molecule has 4 atom stereocenters. The van der Waals surface area contributed by atoms with Crippen molar-refractivity contribution in [2.45, 2.75) is 31.2 Å². The van der Waals surface area contributed by atoms with Gasteiger partial charge in [0.05, 0.1) is 6.61 Å². The van der Waals surface area contributed by atoms with E-state index in [4.69, 9.17) is 4.74 Å². The molecule has 1 aliphatic carbocycles. The van der Waals surface area contributed by atoms with Crippen LogP contribution in [0.2, 0.25) is 0 Å². The second-order valence-electron chi connectivity index (χ2n) is 6.30. The number of carboxylic acid groups (broad SMARTS) is 1. The van der Waals surface area contributed by atoms with Gasteiger partial charge in [-0.2, -0.15) is 0 Å². The summed E-state index contributed by atoms with van der Waals surface area (Å²) in [5.41, 5.74) is 0.916. The molecule has 0 bridgehead atoms. The second kappa shape index (κ2) is 6.66. The number of carbonyl (C=O) groups is 2. The lowest BCUT2D eigenvalue weighted by Gasteiger charge is -2.28. The average Bonchev–Trinajstić information content (AvgIpc) is 3.34. The highest BCUT2D eigenvalue weighted by Crippen LogP contribution is 2.47. The van der Waals surface area contributed by atoms with Crippen LogP contribution in [-0.4, -0.2) is 36.2 Å². The first kappa shape index (κ1) is 15.9. The Labute approximate surface area is 133 Å². The number of benzene rings is 1. The van der Waals surface area contributed by atoms with E-state index in [9.17, 15) is 19.1 Å². The van der Waals surface area contributed by atoms with Gasteiger partial charge in [-0.05, 0) is 42.9 Å². The van der Waals surface area contributed by atoms with Crippen molar-refractivity contribution < 1.29 is 23.8 Å². The first-order chi connectivity index (χ1) is 11.1. The predicted molar refractivity (Wildman–Crippen MR) is 80.4 cm³/mol. The maximum absolute atomic E-state index is 12.9. The predicted octanol–water partition coefficient (Wildman–Crippen LogP) is 1.93. The molecule has 6 heteroatoms. The topological polar surface area (TPSA) is 75.6 Å². The third kappa shape index (κ3) is 3.69. The van der Waals surface area contributed by atoms with Crippen LogP contribution in [0.3, 0.4) is 0 Å². The lowest BCUT2D eigenvalue weighted by atomic mass is 9.93. The maximum Gasteiger partial charge on any atom is 0.326 e. The molecule has 1 saturated carbocycles. The fraction of sp³-hybridized carbons (Fsp3) is 0.529. The van der Waals surface area contributed by atoms with Crippen molar-refractivity contribution in [1.82, 2.24) is 5.32 Å². The molecule has 1 heterocycles. The molecule has 0 radical (unpaired) electrons. The van der Waals surface area contributed by atoms with Crippen molar-refractivity contribution in [2.24, 2.45) is 11.8 Å². The zero-order chi connectivity index (χ0) is 16.4. The first-order valence-corrected chi connectivity index (χ1v) is 7.92. The Bertz CT molecular complexity index is 583. The number of rotatable bonds is 5. The van der Waals surface area contributed by atoms with E-state index in [0.29, 0.717) is 19.6 Å². The molecule has 1 aromatic rings. The molecule has 2 aliphatic rings. The van der Waals surface area contributed by atoms with Crippen molar-refractivity contribution >= 4 is 11.9 Å². The SMILES string of the molecule is O=C(O)[C@@H](NC(=O)[C@@H]1C[C@H]1c1ccc(F)cc1)[C@@H]1CCCOC1. The Morgan fingerprint density at radius 3 is 2.65 bits per heavy atom. The summed E-state index contributed by atoms with van der Waals surface area (Å²) < 4.78 is 18.3. The smallest absolute Gasteiger partial charge is 0.326 e. The minimum absolute atomic E-state index is 0.0488. The highest BCUT2D eigenvalue weighted by Gasteiger charge is 2.45. The molecule has 0 spiro atoms. The van der Waals surface area contributed by atoms with Gasteiger partial charge in [-0.1, -0.05) is 12.1 Å². The van der Waals surface area contributed by atoms with Crippen LogP contribution < -0.4 is 5.32 Å². The molecule has 0 unspecified atom stereocenters. The number of nitrogens with one attached hydrogen (secondary N) is 1. The highest BCUT2D eigenvalue weighted by molar-refractivity contribution is 5.87. The largest absolute Gasteiger partial charge is 0.480 e. The Kier molecular flexibility index (Phi) is 4.61. The third-order valence-corrected chi connectivity index (χ3v) is 4.66. The van der Waals surface area contributed by atoms with E-state index in [0.717, 1.165) is 18.4 Å². The molecule has 0 aromatic heterocycles. The van der Waals surface area contributed by atoms with Gasteiger partial charge < -0.3 is 15.2 Å². The molecular formula is C17H20FNO4. The first-order valence-electron chi connectivity index (χ1n) is 7.92. The lowest BCUT2D eigenvalue weighted by Crippen LogP contribution is -2.49. The molecule has 2 fully saturated rings. The third-order valence-electron chi connectivity index (χ3n) is 4.66. The average molecular weight is 321 g/mol. The van der Waals surface area contributed by atoms with Crippen molar-refractivity contribution in [2.75, 3.05) is 13.2 Å². The number of amides is 1. The molecule has 5 nitrogen and oxygen atoms in total. The van der Waals surface area contributed by atoms with Gasteiger partial charge in [-0.15, -0.1) is 0 Å². The van der Waals surface area contributed by atoms with Crippen molar-refractivity contribution in [3.8, 4) is 0 Å². The quantitative estimate of drug-likeness (QED) is 0.869. The number of hydrogen-bond donors (Lipinski definition) is 2. The fourth-order valence-electron chi connectivity index (χ4n) is 3.23. The molecular weight excluding hydrogens is 301 g/mol. The Morgan fingerprint density at radius 2 is 2.04 bits per heavy atom. The van der Waals surface area contributed by atoms with Crippen LogP contribution in [-0.2, 0) is 14.3 Å². The summed E-state index contributed by atoms with van der Waals surface area (Å²) in [5.74, 6) is -1.93. The van der Waals surface area contributed by atoms with Crippen molar-refractivity contribution in [3.05, 3.63) is 35.6 Å². The normalized spacial score (nSPS) is 28.0. The minimum Gasteiger partial charge on any atom is -0.480 e. The number of carbonyl (C=O) groups excluding carboxylic acids is 1. The van der Waals surface area contributed by atoms with E-state index in [1.807, 2.05) is 0 Å². The zero-order valence-corrected chi connectivity index (χ0v) is 12.7. The number of ether oxygens (including phenoxy) is 1. The van der Waals surface area contributed by atoms with E-state index in [-0.39, 0.29) is 29.5 Å². The molecule has 1 amide bonds. The van der Waals surface area contributed by atoms with Gasteiger partial charge in [0.2, 0.25) is 5.91 Å². The summed E-state index contributed by atoms with van der Waals surface area (Å²) in [5, 5.41) is 12.0. The van der Waals surface area contributed by atoms with E-state index >= 15 is 0 Å². The molecule has 23 heavy (non-hydrogen) atoms. The summed E-state index contributed by atoms with van der Waals surface area (Å²) in [4.78, 5) is 23.8. The van der Waals surface area contributed by atoms with Crippen LogP contribution in [0.15, 0.2) is 24.3 Å². The summed E-state index contributed by atoms with van der Waals surface area (Å²) in [6, 6.07) is 5.20. The number of halogens is 1. The van der Waals surface area contributed by atoms with Gasteiger partial charge >= 0.3 is 5.97 Å². The summed E-state index contributed by atoms with van der Waals surface area (Å²) in [6.07, 6.45) is 2.22. The monoisotopic (exact) mass is 321 g/mol. The highest BCUT2D eigenvalue weighted by atomic mass is 19.1. The number of hydrogen-bond acceptors (Lipinski definition) is 3. The molecule has 124 valence electrons. The van der Waals surface area contributed by atoms with E-state index in [2.05, 4.69) is 5.32 Å². The van der Waals surface area contributed by atoms with Crippen LogP contribution in [0.25, 0.3) is 0 Å². The number of aliphatic carboxylic acids is 1. The van der Waals surface area contributed by atoms with Crippen LogP contribution in [0.5, 0.6) is 0 Å². The van der Waals surface area contributed by atoms with Crippen LogP contribution in [0.4, 0.5) is 4.39 Å².